The molecular weight excluding hydrogens is 392 g/mol. The summed E-state index contributed by atoms with van der Waals surface area (Å²) in [4.78, 5) is 28.3. The van der Waals surface area contributed by atoms with Crippen molar-refractivity contribution in [1.82, 2.24) is 10.2 Å². The second kappa shape index (κ2) is 10.4. The first kappa shape index (κ1) is 23.6. The van der Waals surface area contributed by atoms with Gasteiger partial charge in [0.1, 0.15) is 5.60 Å². The summed E-state index contributed by atoms with van der Waals surface area (Å²) in [5.41, 5.74) is -0.597. The molecule has 29 heavy (non-hydrogen) atoms. The summed E-state index contributed by atoms with van der Waals surface area (Å²) in [5.74, 6) is -0.507. The van der Waals surface area contributed by atoms with Gasteiger partial charge in [-0.15, -0.1) is 11.3 Å². The van der Waals surface area contributed by atoms with Crippen LogP contribution in [0.4, 0.5) is 4.79 Å². The van der Waals surface area contributed by atoms with Crippen LogP contribution in [0.5, 0.6) is 0 Å². The van der Waals surface area contributed by atoms with Crippen molar-refractivity contribution in [3.8, 4) is 0 Å². The molecule has 1 aromatic rings. The topological polar surface area (TPSA) is 77.1 Å². The van der Waals surface area contributed by atoms with Gasteiger partial charge in [0.05, 0.1) is 30.7 Å². The van der Waals surface area contributed by atoms with Gasteiger partial charge in [0, 0.05) is 25.6 Å². The number of methoxy groups -OCH3 is 2. The van der Waals surface area contributed by atoms with Gasteiger partial charge < -0.3 is 19.5 Å². The summed E-state index contributed by atoms with van der Waals surface area (Å²) in [7, 11) is 3.20. The molecule has 0 unspecified atom stereocenters. The Morgan fingerprint density at radius 2 is 2.07 bits per heavy atom. The molecule has 8 heteroatoms. The highest BCUT2D eigenvalue weighted by Gasteiger charge is 2.45. The molecular formula is C21H34N2O5S. The van der Waals surface area contributed by atoms with E-state index in [-0.39, 0.29) is 18.1 Å². The van der Waals surface area contributed by atoms with Crippen LogP contribution < -0.4 is 5.32 Å². The quantitative estimate of drug-likeness (QED) is 0.691. The normalized spacial score (nSPS) is 21.7. The average molecular weight is 427 g/mol. The first-order valence-corrected chi connectivity index (χ1v) is 10.9. The minimum Gasteiger partial charge on any atom is -0.444 e. The lowest BCUT2D eigenvalue weighted by atomic mass is 9.94. The Bertz CT molecular complexity index is 659. The molecule has 0 aliphatic carbocycles. The SMILES string of the molecule is CO[C@@H]1C[C@@H]([C@H](OC)[C@@H](C)C(=O)NCCc2cccs2)N(C(=O)OC(C)(C)C)C1. The van der Waals surface area contributed by atoms with E-state index in [2.05, 4.69) is 11.4 Å². The number of nitrogens with one attached hydrogen (secondary N) is 1. The van der Waals surface area contributed by atoms with Gasteiger partial charge in [-0.25, -0.2) is 4.79 Å². The molecule has 1 saturated heterocycles. The Balaban J connectivity index is 2.03. The van der Waals surface area contributed by atoms with Gasteiger partial charge in [-0.1, -0.05) is 13.0 Å². The maximum absolute atomic E-state index is 12.7. The fourth-order valence-electron chi connectivity index (χ4n) is 3.61. The van der Waals surface area contributed by atoms with Crippen LogP contribution in [-0.2, 0) is 25.4 Å². The van der Waals surface area contributed by atoms with Gasteiger partial charge in [0.25, 0.3) is 0 Å². The summed E-state index contributed by atoms with van der Waals surface area (Å²) >= 11 is 1.68. The number of thiophene rings is 1. The van der Waals surface area contributed by atoms with E-state index in [9.17, 15) is 9.59 Å². The van der Waals surface area contributed by atoms with Crippen LogP contribution >= 0.6 is 11.3 Å². The molecule has 0 bridgehead atoms. The molecule has 0 radical (unpaired) electrons. The van der Waals surface area contributed by atoms with E-state index in [1.54, 1.807) is 30.5 Å². The number of likely N-dealkylation sites (tertiary alicyclic amines) is 1. The zero-order chi connectivity index (χ0) is 21.6. The highest BCUT2D eigenvalue weighted by atomic mass is 32.1. The zero-order valence-corrected chi connectivity index (χ0v) is 19.1. The molecule has 1 aromatic heterocycles. The lowest BCUT2D eigenvalue weighted by Gasteiger charge is -2.34. The van der Waals surface area contributed by atoms with Gasteiger partial charge in [0.15, 0.2) is 0 Å². The van der Waals surface area contributed by atoms with Crippen LogP contribution in [0.2, 0.25) is 0 Å². The van der Waals surface area contributed by atoms with Gasteiger partial charge in [0.2, 0.25) is 5.91 Å². The Hall–Kier alpha value is -1.64. The fourth-order valence-corrected chi connectivity index (χ4v) is 4.32. The van der Waals surface area contributed by atoms with E-state index in [1.165, 1.54) is 4.88 Å². The minimum atomic E-state index is -0.597. The maximum Gasteiger partial charge on any atom is 0.410 e. The lowest BCUT2D eigenvalue weighted by molar-refractivity contribution is -0.130. The van der Waals surface area contributed by atoms with Gasteiger partial charge >= 0.3 is 6.09 Å². The molecule has 0 spiro atoms. The fraction of sp³-hybridized carbons (Fsp3) is 0.714. The molecule has 1 N–H and O–H groups in total. The number of amides is 2. The number of nitrogens with zero attached hydrogens (tertiary/aromatic N) is 1. The summed E-state index contributed by atoms with van der Waals surface area (Å²) in [6.07, 6.45) is 0.423. The summed E-state index contributed by atoms with van der Waals surface area (Å²) in [5, 5.41) is 5.01. The summed E-state index contributed by atoms with van der Waals surface area (Å²) in [6, 6.07) is 3.77. The molecule has 164 valence electrons. The molecule has 1 aliphatic rings. The number of carbonyl (C=O) groups excluding carboxylic acids is 2. The molecule has 2 rings (SSSR count). The Morgan fingerprint density at radius 3 is 2.62 bits per heavy atom. The molecule has 0 aromatic carbocycles. The average Bonchev–Trinajstić information content (AvgIpc) is 3.30. The van der Waals surface area contributed by atoms with Crippen molar-refractivity contribution >= 4 is 23.3 Å². The number of rotatable bonds is 8. The number of carbonyl (C=O) groups is 2. The van der Waals surface area contributed by atoms with Crippen molar-refractivity contribution in [1.29, 1.82) is 0 Å². The predicted molar refractivity (Wildman–Crippen MR) is 113 cm³/mol. The molecule has 1 fully saturated rings. The Morgan fingerprint density at radius 1 is 1.34 bits per heavy atom. The van der Waals surface area contributed by atoms with E-state index in [0.29, 0.717) is 19.5 Å². The van der Waals surface area contributed by atoms with E-state index < -0.39 is 23.7 Å². The van der Waals surface area contributed by atoms with Crippen LogP contribution in [0.25, 0.3) is 0 Å². The van der Waals surface area contributed by atoms with Gasteiger partial charge in [-0.2, -0.15) is 0 Å². The predicted octanol–water partition coefficient (Wildman–Crippen LogP) is 3.08. The third-order valence-electron chi connectivity index (χ3n) is 5.07. The molecule has 1 aliphatic heterocycles. The van der Waals surface area contributed by atoms with Crippen LogP contribution in [0.1, 0.15) is 39.0 Å². The monoisotopic (exact) mass is 426 g/mol. The van der Waals surface area contributed by atoms with E-state index >= 15 is 0 Å². The lowest BCUT2D eigenvalue weighted by Crippen LogP contribution is -2.50. The van der Waals surface area contributed by atoms with Crippen molar-refractivity contribution in [2.75, 3.05) is 27.3 Å². The van der Waals surface area contributed by atoms with Crippen molar-refractivity contribution in [3.63, 3.8) is 0 Å². The molecule has 4 atom stereocenters. The van der Waals surface area contributed by atoms with E-state index in [1.807, 2.05) is 39.1 Å². The summed E-state index contributed by atoms with van der Waals surface area (Å²) in [6.45, 7) is 8.33. The second-order valence-corrected chi connectivity index (χ2v) is 9.44. The molecule has 2 heterocycles. The van der Waals surface area contributed by atoms with Crippen molar-refractivity contribution in [2.45, 2.75) is 64.4 Å². The molecule has 7 nitrogen and oxygen atoms in total. The van der Waals surface area contributed by atoms with Gasteiger partial charge in [-0.3, -0.25) is 9.69 Å². The standard InChI is InChI=1S/C21H34N2O5S/c1-14(19(24)22-10-9-16-8-7-11-29-16)18(27-6)17-12-15(26-5)13-23(17)20(25)28-21(2,3)4/h7-8,11,14-15,17-18H,9-10,12-13H2,1-6H3,(H,22,24)/t14-,15-,17+,18-/m1/s1. The maximum atomic E-state index is 12.7. The third kappa shape index (κ3) is 6.69. The second-order valence-electron chi connectivity index (χ2n) is 8.40. The number of hydrogen-bond donors (Lipinski definition) is 1. The van der Waals surface area contributed by atoms with Crippen LogP contribution in [0.15, 0.2) is 17.5 Å². The number of ether oxygens (including phenoxy) is 3. The first-order chi connectivity index (χ1) is 13.7. The van der Waals surface area contributed by atoms with Crippen molar-refractivity contribution in [3.05, 3.63) is 22.4 Å². The highest BCUT2D eigenvalue weighted by Crippen LogP contribution is 2.29. The largest absolute Gasteiger partial charge is 0.444 e. The zero-order valence-electron chi connectivity index (χ0n) is 18.3. The van der Waals surface area contributed by atoms with Crippen molar-refractivity contribution in [2.24, 2.45) is 5.92 Å². The van der Waals surface area contributed by atoms with Crippen molar-refractivity contribution < 1.29 is 23.8 Å². The molecule has 0 saturated carbocycles. The number of hydrogen-bond acceptors (Lipinski definition) is 6. The van der Waals surface area contributed by atoms with Crippen LogP contribution in [0.3, 0.4) is 0 Å². The smallest absolute Gasteiger partial charge is 0.410 e. The van der Waals surface area contributed by atoms with Gasteiger partial charge in [-0.05, 0) is 45.1 Å². The van der Waals surface area contributed by atoms with E-state index in [4.69, 9.17) is 14.2 Å². The Kier molecular flexibility index (Phi) is 8.48. The third-order valence-corrected chi connectivity index (χ3v) is 6.01. The minimum absolute atomic E-state index is 0.0848. The molecule has 2 amide bonds. The van der Waals surface area contributed by atoms with Crippen LogP contribution in [0, 0.1) is 5.92 Å². The van der Waals surface area contributed by atoms with E-state index in [0.717, 1.165) is 6.42 Å². The van der Waals surface area contributed by atoms with Crippen LogP contribution in [-0.4, -0.2) is 68.1 Å². The summed E-state index contributed by atoms with van der Waals surface area (Å²) < 4.78 is 16.8. The first-order valence-electron chi connectivity index (χ1n) is 10.0. The highest BCUT2D eigenvalue weighted by molar-refractivity contribution is 7.09. The Labute approximate surface area is 177 Å².